The third-order valence-electron chi connectivity index (χ3n) is 2.99. The monoisotopic (exact) mass is 393 g/mol. The van der Waals surface area contributed by atoms with Crippen LogP contribution in [-0.4, -0.2) is 29.3 Å². The van der Waals surface area contributed by atoms with Crippen molar-refractivity contribution in [1.29, 1.82) is 0 Å². The molecule has 0 spiro atoms. The standard InChI is InChI=1S/C15H12BrN3O5/c1-24-14-12(20)6-5-10(13(14)19(22)23)8-17-18-15(21)9-3-2-4-11(16)7-9/h2-8,20H,1H3,(H,18,21)/b17-8+. The van der Waals surface area contributed by atoms with Gasteiger partial charge in [0.15, 0.2) is 5.75 Å². The van der Waals surface area contributed by atoms with Gasteiger partial charge in [0, 0.05) is 10.0 Å². The maximum Gasteiger partial charge on any atom is 0.323 e. The fourth-order valence-electron chi connectivity index (χ4n) is 1.92. The first kappa shape index (κ1) is 17.4. The number of hydrazone groups is 1. The summed E-state index contributed by atoms with van der Waals surface area (Å²) in [7, 11) is 1.21. The third kappa shape index (κ3) is 3.87. The molecule has 0 atom stereocenters. The zero-order chi connectivity index (χ0) is 17.7. The predicted octanol–water partition coefficient (Wildman–Crippen LogP) is 2.84. The van der Waals surface area contributed by atoms with E-state index < -0.39 is 16.5 Å². The lowest BCUT2D eigenvalue weighted by Crippen LogP contribution is -2.17. The van der Waals surface area contributed by atoms with Gasteiger partial charge in [-0.25, -0.2) is 5.43 Å². The van der Waals surface area contributed by atoms with Crippen molar-refractivity contribution in [3.05, 3.63) is 62.1 Å². The number of ether oxygens (including phenoxy) is 1. The second kappa shape index (κ2) is 7.55. The maximum atomic E-state index is 11.9. The average molecular weight is 394 g/mol. The number of rotatable bonds is 5. The summed E-state index contributed by atoms with van der Waals surface area (Å²) >= 11 is 3.25. The SMILES string of the molecule is COc1c(O)ccc(/C=N/NC(=O)c2cccc(Br)c2)c1[N+](=O)[O-]. The highest BCUT2D eigenvalue weighted by Crippen LogP contribution is 2.37. The van der Waals surface area contributed by atoms with Crippen LogP contribution in [0.25, 0.3) is 0 Å². The molecule has 0 aliphatic carbocycles. The second-order valence-electron chi connectivity index (χ2n) is 4.52. The second-order valence-corrected chi connectivity index (χ2v) is 5.44. The number of methoxy groups -OCH3 is 1. The molecule has 2 N–H and O–H groups in total. The minimum atomic E-state index is -0.698. The molecule has 2 aromatic carbocycles. The van der Waals surface area contributed by atoms with Crippen molar-refractivity contribution in [3.63, 3.8) is 0 Å². The molecule has 0 saturated carbocycles. The Balaban J connectivity index is 2.23. The fourth-order valence-corrected chi connectivity index (χ4v) is 2.32. The van der Waals surface area contributed by atoms with Gasteiger partial charge in [-0.1, -0.05) is 22.0 Å². The minimum Gasteiger partial charge on any atom is -0.504 e. The lowest BCUT2D eigenvalue weighted by molar-refractivity contribution is -0.386. The number of aromatic hydroxyl groups is 1. The summed E-state index contributed by atoms with van der Waals surface area (Å²) < 4.78 is 5.58. The fraction of sp³-hybridized carbons (Fsp3) is 0.0667. The van der Waals surface area contributed by atoms with E-state index >= 15 is 0 Å². The van der Waals surface area contributed by atoms with Crippen molar-refractivity contribution in [3.8, 4) is 11.5 Å². The quantitative estimate of drug-likeness (QED) is 0.460. The van der Waals surface area contributed by atoms with E-state index in [0.717, 1.165) is 10.7 Å². The van der Waals surface area contributed by atoms with Gasteiger partial charge in [0.1, 0.15) is 0 Å². The van der Waals surface area contributed by atoms with Gasteiger partial charge in [-0.3, -0.25) is 14.9 Å². The largest absolute Gasteiger partial charge is 0.504 e. The number of benzene rings is 2. The lowest BCUT2D eigenvalue weighted by Gasteiger charge is -2.06. The van der Waals surface area contributed by atoms with Gasteiger partial charge in [-0.2, -0.15) is 5.10 Å². The van der Waals surface area contributed by atoms with Crippen molar-refractivity contribution >= 4 is 33.7 Å². The number of carbonyl (C=O) groups excluding carboxylic acids is 1. The molecule has 0 aliphatic heterocycles. The molecular weight excluding hydrogens is 382 g/mol. The highest BCUT2D eigenvalue weighted by atomic mass is 79.9. The number of halogens is 1. The van der Waals surface area contributed by atoms with Gasteiger partial charge in [0.05, 0.1) is 23.8 Å². The number of carbonyl (C=O) groups is 1. The molecule has 8 nitrogen and oxygen atoms in total. The van der Waals surface area contributed by atoms with Crippen LogP contribution in [0, 0.1) is 10.1 Å². The third-order valence-corrected chi connectivity index (χ3v) is 3.48. The topological polar surface area (TPSA) is 114 Å². The molecule has 0 heterocycles. The van der Waals surface area contributed by atoms with Gasteiger partial charge in [-0.05, 0) is 30.3 Å². The minimum absolute atomic E-state index is 0.0733. The van der Waals surface area contributed by atoms with Crippen LogP contribution in [0.1, 0.15) is 15.9 Å². The van der Waals surface area contributed by atoms with Crippen LogP contribution in [-0.2, 0) is 0 Å². The van der Waals surface area contributed by atoms with E-state index in [1.165, 1.54) is 19.2 Å². The number of nitro benzene ring substituents is 1. The highest BCUT2D eigenvalue weighted by Gasteiger charge is 2.23. The Labute approximate surface area is 145 Å². The van der Waals surface area contributed by atoms with Crippen LogP contribution in [0.4, 0.5) is 5.69 Å². The van der Waals surface area contributed by atoms with Crippen LogP contribution in [0.3, 0.4) is 0 Å². The summed E-state index contributed by atoms with van der Waals surface area (Å²) in [5.74, 6) is -1.11. The molecule has 0 aliphatic rings. The summed E-state index contributed by atoms with van der Waals surface area (Å²) in [6.45, 7) is 0. The highest BCUT2D eigenvalue weighted by molar-refractivity contribution is 9.10. The number of nitrogens with zero attached hydrogens (tertiary/aromatic N) is 2. The summed E-state index contributed by atoms with van der Waals surface area (Å²) in [6, 6.07) is 9.21. The zero-order valence-electron chi connectivity index (χ0n) is 12.4. The van der Waals surface area contributed by atoms with Gasteiger partial charge in [0.2, 0.25) is 5.75 Å². The van der Waals surface area contributed by atoms with Crippen LogP contribution in [0.2, 0.25) is 0 Å². The van der Waals surface area contributed by atoms with E-state index in [0.29, 0.717) is 5.56 Å². The van der Waals surface area contributed by atoms with E-state index in [4.69, 9.17) is 4.74 Å². The van der Waals surface area contributed by atoms with Crippen LogP contribution < -0.4 is 10.2 Å². The first-order valence-electron chi connectivity index (χ1n) is 6.57. The molecule has 0 unspecified atom stereocenters. The number of nitrogens with one attached hydrogen (secondary N) is 1. The summed E-state index contributed by atoms with van der Waals surface area (Å²) in [5.41, 5.74) is 2.28. The number of amides is 1. The molecule has 24 heavy (non-hydrogen) atoms. The molecule has 2 aromatic rings. The van der Waals surface area contributed by atoms with Crippen molar-refractivity contribution in [2.24, 2.45) is 5.10 Å². The molecular formula is C15H12BrN3O5. The molecule has 2 rings (SSSR count). The Bertz CT molecular complexity index is 823. The van der Waals surface area contributed by atoms with Crippen molar-refractivity contribution in [2.45, 2.75) is 0 Å². The van der Waals surface area contributed by atoms with Gasteiger partial charge in [-0.15, -0.1) is 0 Å². The summed E-state index contributed by atoms with van der Waals surface area (Å²) in [5, 5.41) is 24.5. The van der Waals surface area contributed by atoms with E-state index in [1.807, 2.05) is 0 Å². The lowest BCUT2D eigenvalue weighted by atomic mass is 10.1. The Morgan fingerprint density at radius 1 is 1.42 bits per heavy atom. The number of phenolic OH excluding ortho intramolecular Hbond substituents is 1. The first-order valence-corrected chi connectivity index (χ1v) is 7.36. The van der Waals surface area contributed by atoms with Crippen LogP contribution in [0.15, 0.2) is 46.0 Å². The smallest absolute Gasteiger partial charge is 0.323 e. The van der Waals surface area contributed by atoms with Crippen molar-refractivity contribution in [1.82, 2.24) is 5.43 Å². The average Bonchev–Trinajstić information content (AvgIpc) is 2.55. The van der Waals surface area contributed by atoms with Crippen molar-refractivity contribution in [2.75, 3.05) is 7.11 Å². The predicted molar refractivity (Wildman–Crippen MR) is 90.5 cm³/mol. The van der Waals surface area contributed by atoms with E-state index in [1.54, 1.807) is 24.3 Å². The van der Waals surface area contributed by atoms with E-state index in [9.17, 15) is 20.0 Å². The van der Waals surface area contributed by atoms with Gasteiger partial charge in [0.25, 0.3) is 5.91 Å². The summed E-state index contributed by atoms with van der Waals surface area (Å²) in [6.07, 6.45) is 1.11. The molecule has 124 valence electrons. The summed E-state index contributed by atoms with van der Waals surface area (Å²) in [4.78, 5) is 22.4. The van der Waals surface area contributed by atoms with Gasteiger partial charge < -0.3 is 9.84 Å². The molecule has 1 amide bonds. The Hall–Kier alpha value is -2.94. The Kier molecular flexibility index (Phi) is 5.48. The molecule has 0 fully saturated rings. The molecule has 9 heteroatoms. The van der Waals surface area contributed by atoms with Crippen LogP contribution in [0.5, 0.6) is 11.5 Å². The van der Waals surface area contributed by atoms with Crippen LogP contribution >= 0.6 is 15.9 Å². The number of hydrogen-bond donors (Lipinski definition) is 2. The van der Waals surface area contributed by atoms with E-state index in [2.05, 4.69) is 26.5 Å². The number of nitro groups is 1. The molecule has 0 aromatic heterocycles. The molecule has 0 bridgehead atoms. The Morgan fingerprint density at radius 2 is 2.17 bits per heavy atom. The number of hydrogen-bond acceptors (Lipinski definition) is 6. The van der Waals surface area contributed by atoms with E-state index in [-0.39, 0.29) is 17.1 Å². The zero-order valence-corrected chi connectivity index (χ0v) is 14.0. The Morgan fingerprint density at radius 3 is 2.79 bits per heavy atom. The molecule has 0 radical (unpaired) electrons. The normalized spacial score (nSPS) is 10.6. The molecule has 0 saturated heterocycles. The number of phenols is 1. The van der Waals surface area contributed by atoms with Gasteiger partial charge >= 0.3 is 5.69 Å². The maximum absolute atomic E-state index is 11.9. The first-order chi connectivity index (χ1) is 11.4. The van der Waals surface area contributed by atoms with Crippen molar-refractivity contribution < 1.29 is 19.6 Å².